The van der Waals surface area contributed by atoms with Crippen molar-refractivity contribution in [2.45, 2.75) is 0 Å². The highest BCUT2D eigenvalue weighted by Crippen LogP contribution is 2.37. The Morgan fingerprint density at radius 1 is 1.04 bits per heavy atom. The Bertz CT molecular complexity index is 1160. The predicted octanol–water partition coefficient (Wildman–Crippen LogP) is 3.87. The van der Waals surface area contributed by atoms with E-state index in [9.17, 15) is 13.2 Å². The number of halogens is 1. The first-order valence-corrected chi connectivity index (χ1v) is 10.2. The van der Waals surface area contributed by atoms with Crippen molar-refractivity contribution >= 4 is 27.3 Å². The Hall–Kier alpha value is -2.77. The first kappa shape index (κ1) is 19.0. The highest BCUT2D eigenvalue weighted by atomic mass is 35.5. The zero-order chi connectivity index (χ0) is 19.6. The average Bonchev–Trinajstić information content (AvgIpc) is 2.59. The van der Waals surface area contributed by atoms with Gasteiger partial charge in [-0.25, -0.2) is 8.42 Å². The number of anilines is 1. The van der Waals surface area contributed by atoms with Gasteiger partial charge in [-0.05, 0) is 36.4 Å². The molecule has 0 radical (unpaired) electrons. The second-order valence-electron chi connectivity index (χ2n) is 5.98. The fourth-order valence-electron chi connectivity index (χ4n) is 2.52. The maximum Gasteiger partial charge on any atom is 0.250 e. The van der Waals surface area contributed by atoms with Crippen molar-refractivity contribution in [1.29, 1.82) is 0 Å². The number of para-hydroxylation sites is 1. The van der Waals surface area contributed by atoms with Gasteiger partial charge >= 0.3 is 0 Å². The van der Waals surface area contributed by atoms with E-state index in [1.54, 1.807) is 61.8 Å². The number of pyridine rings is 1. The summed E-state index contributed by atoms with van der Waals surface area (Å²) in [5.41, 5.74) is 1.53. The van der Waals surface area contributed by atoms with E-state index < -0.39 is 10.0 Å². The van der Waals surface area contributed by atoms with Crippen LogP contribution < -0.4 is 15.0 Å². The molecule has 0 saturated carbocycles. The van der Waals surface area contributed by atoms with E-state index >= 15 is 0 Å². The van der Waals surface area contributed by atoms with Crippen LogP contribution in [-0.2, 0) is 17.1 Å². The van der Waals surface area contributed by atoms with E-state index in [2.05, 4.69) is 4.72 Å². The summed E-state index contributed by atoms with van der Waals surface area (Å²) in [6.07, 6.45) is 2.73. The number of aromatic nitrogens is 1. The van der Waals surface area contributed by atoms with Crippen LogP contribution in [0.5, 0.6) is 11.5 Å². The lowest BCUT2D eigenvalue weighted by atomic mass is 10.1. The fourth-order valence-corrected chi connectivity index (χ4v) is 3.25. The molecule has 27 heavy (non-hydrogen) atoms. The van der Waals surface area contributed by atoms with Gasteiger partial charge in [0.2, 0.25) is 15.6 Å². The number of benzene rings is 2. The molecule has 3 rings (SSSR count). The molecule has 8 heteroatoms. The van der Waals surface area contributed by atoms with Gasteiger partial charge in [0, 0.05) is 36.1 Å². The number of hydrogen-bond donors (Lipinski definition) is 1. The summed E-state index contributed by atoms with van der Waals surface area (Å²) in [6.45, 7) is 0. The molecule has 140 valence electrons. The molecule has 2 aromatic carbocycles. The quantitative estimate of drug-likeness (QED) is 0.700. The van der Waals surface area contributed by atoms with E-state index in [4.69, 9.17) is 16.3 Å². The van der Waals surface area contributed by atoms with Crippen molar-refractivity contribution in [1.82, 2.24) is 4.57 Å². The lowest BCUT2D eigenvalue weighted by molar-refractivity contribution is 0.485. The topological polar surface area (TPSA) is 77.4 Å². The van der Waals surface area contributed by atoms with Crippen molar-refractivity contribution in [3.8, 4) is 22.6 Å². The largest absolute Gasteiger partial charge is 0.455 e. The van der Waals surface area contributed by atoms with Gasteiger partial charge in [-0.15, -0.1) is 0 Å². The maximum absolute atomic E-state index is 11.7. The van der Waals surface area contributed by atoms with Crippen molar-refractivity contribution in [2.75, 3.05) is 11.0 Å². The Balaban J connectivity index is 2.12. The number of rotatable bonds is 5. The molecule has 0 atom stereocenters. The van der Waals surface area contributed by atoms with Crippen LogP contribution in [0.15, 0.2) is 65.6 Å². The summed E-state index contributed by atoms with van der Waals surface area (Å²) in [5.74, 6) is 0.940. The Labute approximate surface area is 162 Å². The van der Waals surface area contributed by atoms with Gasteiger partial charge in [-0.1, -0.05) is 23.7 Å². The second-order valence-corrected chi connectivity index (χ2v) is 8.14. The third-order valence-electron chi connectivity index (χ3n) is 3.74. The first-order chi connectivity index (χ1) is 12.7. The van der Waals surface area contributed by atoms with Crippen LogP contribution in [0.25, 0.3) is 11.1 Å². The number of aryl methyl sites for hydroxylation is 1. The molecule has 1 heterocycles. The minimum atomic E-state index is -3.44. The fraction of sp³-hybridized carbons (Fsp3) is 0.105. The van der Waals surface area contributed by atoms with Gasteiger partial charge in [0.1, 0.15) is 11.5 Å². The highest BCUT2D eigenvalue weighted by molar-refractivity contribution is 7.92. The van der Waals surface area contributed by atoms with Gasteiger partial charge in [-0.3, -0.25) is 9.52 Å². The van der Waals surface area contributed by atoms with Crippen LogP contribution in [0, 0.1) is 0 Å². The molecule has 0 aliphatic rings. The van der Waals surface area contributed by atoms with Gasteiger partial charge in [0.05, 0.1) is 11.3 Å². The molecule has 0 fully saturated rings. The number of ether oxygens (including phenoxy) is 1. The van der Waals surface area contributed by atoms with Gasteiger partial charge in [0.25, 0.3) is 0 Å². The summed E-state index contributed by atoms with van der Waals surface area (Å²) in [6, 6.07) is 15.0. The zero-order valence-electron chi connectivity index (χ0n) is 14.6. The Morgan fingerprint density at radius 3 is 2.44 bits per heavy atom. The smallest absolute Gasteiger partial charge is 0.250 e. The average molecular weight is 405 g/mol. The van der Waals surface area contributed by atoms with Crippen LogP contribution in [0.4, 0.5) is 5.69 Å². The standard InChI is InChI=1S/C19H17ClN2O4S/c1-22-12-13(7-10-19(22)23)15-11-14(21-27(2,24)25)8-9-17(15)26-18-6-4-3-5-16(18)20/h3-12,21H,1-2H3. The monoisotopic (exact) mass is 404 g/mol. The van der Waals surface area contributed by atoms with E-state index in [1.807, 2.05) is 0 Å². The zero-order valence-corrected chi connectivity index (χ0v) is 16.2. The summed E-state index contributed by atoms with van der Waals surface area (Å²) in [5, 5.41) is 0.447. The van der Waals surface area contributed by atoms with Crippen molar-refractivity contribution in [3.63, 3.8) is 0 Å². The molecule has 0 unspecified atom stereocenters. The van der Waals surface area contributed by atoms with Crippen LogP contribution in [0.2, 0.25) is 5.02 Å². The minimum Gasteiger partial charge on any atom is -0.455 e. The third-order valence-corrected chi connectivity index (χ3v) is 4.65. The van der Waals surface area contributed by atoms with Crippen molar-refractivity contribution in [2.24, 2.45) is 7.05 Å². The van der Waals surface area contributed by atoms with Crippen LogP contribution in [-0.4, -0.2) is 19.2 Å². The van der Waals surface area contributed by atoms with E-state index in [0.29, 0.717) is 33.3 Å². The number of hydrogen-bond acceptors (Lipinski definition) is 4. The molecule has 0 aliphatic heterocycles. The predicted molar refractivity (Wildman–Crippen MR) is 107 cm³/mol. The van der Waals surface area contributed by atoms with Crippen LogP contribution in [0.1, 0.15) is 0 Å². The number of nitrogens with one attached hydrogen (secondary N) is 1. The SMILES string of the molecule is Cn1cc(-c2cc(NS(C)(=O)=O)ccc2Oc2ccccc2Cl)ccc1=O. The molecule has 3 aromatic rings. The molecule has 0 spiro atoms. The maximum atomic E-state index is 11.7. The van der Waals surface area contributed by atoms with Gasteiger partial charge < -0.3 is 9.30 Å². The second kappa shape index (κ2) is 7.46. The van der Waals surface area contributed by atoms with Crippen LogP contribution in [0.3, 0.4) is 0 Å². The lowest BCUT2D eigenvalue weighted by Gasteiger charge is -2.15. The van der Waals surface area contributed by atoms with Gasteiger partial charge in [-0.2, -0.15) is 0 Å². The summed E-state index contributed by atoms with van der Waals surface area (Å²) < 4.78 is 33.0. The molecule has 0 aliphatic carbocycles. The highest BCUT2D eigenvalue weighted by Gasteiger charge is 2.13. The molecule has 0 bridgehead atoms. The Morgan fingerprint density at radius 2 is 1.78 bits per heavy atom. The van der Waals surface area contributed by atoms with Crippen molar-refractivity contribution < 1.29 is 13.2 Å². The minimum absolute atomic E-state index is 0.155. The Kier molecular flexibility index (Phi) is 5.25. The molecular formula is C19H17ClN2O4S. The number of nitrogens with zero attached hydrogens (tertiary/aromatic N) is 1. The van der Waals surface area contributed by atoms with E-state index in [-0.39, 0.29) is 5.56 Å². The third kappa shape index (κ3) is 4.69. The summed E-state index contributed by atoms with van der Waals surface area (Å²) >= 11 is 6.17. The number of sulfonamides is 1. The van der Waals surface area contributed by atoms with Gasteiger partial charge in [0.15, 0.2) is 0 Å². The van der Waals surface area contributed by atoms with E-state index in [1.165, 1.54) is 10.6 Å². The molecular weight excluding hydrogens is 388 g/mol. The molecule has 1 N–H and O–H groups in total. The molecule has 0 amide bonds. The summed E-state index contributed by atoms with van der Waals surface area (Å²) in [7, 11) is -1.80. The molecule has 0 saturated heterocycles. The van der Waals surface area contributed by atoms with Crippen molar-refractivity contribution in [3.05, 3.63) is 76.2 Å². The lowest BCUT2D eigenvalue weighted by Crippen LogP contribution is -2.14. The van der Waals surface area contributed by atoms with Crippen LogP contribution >= 0.6 is 11.6 Å². The summed E-state index contributed by atoms with van der Waals surface area (Å²) in [4.78, 5) is 11.7. The normalized spacial score (nSPS) is 11.2. The molecule has 6 nitrogen and oxygen atoms in total. The van der Waals surface area contributed by atoms with E-state index in [0.717, 1.165) is 6.26 Å². The molecule has 1 aromatic heterocycles. The first-order valence-electron chi connectivity index (χ1n) is 7.94.